The van der Waals surface area contributed by atoms with Gasteiger partial charge in [-0.3, -0.25) is 4.79 Å². The van der Waals surface area contributed by atoms with Crippen molar-refractivity contribution in [2.75, 3.05) is 6.61 Å². The van der Waals surface area contributed by atoms with Crippen LogP contribution in [0.15, 0.2) is 68.6 Å². The molecule has 0 spiro atoms. The summed E-state index contributed by atoms with van der Waals surface area (Å²) in [5.41, 5.74) is 4.34. The fraction of sp³-hybridized carbons (Fsp3) is 0.130. The highest BCUT2D eigenvalue weighted by atomic mass is 79.9. The highest BCUT2D eigenvalue weighted by molar-refractivity contribution is 9.11. The average Bonchev–Trinajstić information content (AvgIpc) is 2.75. The van der Waals surface area contributed by atoms with Crippen LogP contribution >= 0.6 is 55.1 Å². The van der Waals surface area contributed by atoms with Crippen molar-refractivity contribution in [2.24, 2.45) is 5.10 Å². The molecule has 0 unspecified atom stereocenters. The minimum absolute atomic E-state index is 0.188. The monoisotopic (exact) mass is 598 g/mol. The topological polar surface area (TPSA) is 59.9 Å². The highest BCUT2D eigenvalue weighted by Gasteiger charge is 2.13. The highest BCUT2D eigenvalue weighted by Crippen LogP contribution is 2.32. The van der Waals surface area contributed by atoms with E-state index in [2.05, 4.69) is 42.4 Å². The lowest BCUT2D eigenvalue weighted by Gasteiger charge is -2.12. The summed E-state index contributed by atoms with van der Waals surface area (Å²) in [7, 11) is 0. The van der Waals surface area contributed by atoms with Crippen LogP contribution in [-0.2, 0) is 6.61 Å². The van der Waals surface area contributed by atoms with Crippen molar-refractivity contribution < 1.29 is 14.3 Å². The molecule has 0 aliphatic carbocycles. The normalized spacial score (nSPS) is 10.9. The van der Waals surface area contributed by atoms with Crippen molar-refractivity contribution in [3.8, 4) is 11.5 Å². The lowest BCUT2D eigenvalue weighted by Crippen LogP contribution is -2.18. The fourth-order valence-electron chi connectivity index (χ4n) is 2.77. The Bertz CT molecular complexity index is 1160. The van der Waals surface area contributed by atoms with Crippen LogP contribution in [0.4, 0.5) is 0 Å². The maximum Gasteiger partial charge on any atom is 0.275 e. The summed E-state index contributed by atoms with van der Waals surface area (Å²) in [6.07, 6.45) is 1.52. The van der Waals surface area contributed by atoms with Gasteiger partial charge in [0.05, 0.1) is 22.9 Å². The van der Waals surface area contributed by atoms with E-state index in [1.54, 1.807) is 42.5 Å². The standard InChI is InChI=1S/C23H18Br2Cl2N2O3/c1-2-31-22-15(9-16(24)10-19(22)25)12-28-29-23(30)18-5-3-4-6-21(18)32-13-14-7-8-17(26)11-20(14)27/h3-12H,2,13H2,1H3,(H,29,30)/b28-12+. The zero-order valence-electron chi connectivity index (χ0n) is 16.9. The molecular weight excluding hydrogens is 583 g/mol. The molecule has 3 aromatic carbocycles. The molecule has 0 aliphatic heterocycles. The molecule has 3 aromatic rings. The van der Waals surface area contributed by atoms with Gasteiger partial charge in [-0.25, -0.2) is 5.43 Å². The second kappa shape index (κ2) is 11.7. The maximum absolute atomic E-state index is 12.7. The number of amides is 1. The van der Waals surface area contributed by atoms with E-state index in [4.69, 9.17) is 32.7 Å². The molecule has 0 aromatic heterocycles. The van der Waals surface area contributed by atoms with Crippen LogP contribution in [0.5, 0.6) is 11.5 Å². The summed E-state index contributed by atoms with van der Waals surface area (Å²) in [6, 6.07) is 15.8. The van der Waals surface area contributed by atoms with Crippen LogP contribution < -0.4 is 14.9 Å². The quantitative estimate of drug-likeness (QED) is 0.219. The first-order chi connectivity index (χ1) is 15.4. The number of halogens is 4. The number of hydrogen-bond donors (Lipinski definition) is 1. The first kappa shape index (κ1) is 24.6. The molecule has 5 nitrogen and oxygen atoms in total. The van der Waals surface area contributed by atoms with Gasteiger partial charge in [-0.05, 0) is 59.3 Å². The molecule has 166 valence electrons. The lowest BCUT2D eigenvalue weighted by atomic mass is 10.2. The van der Waals surface area contributed by atoms with Gasteiger partial charge in [0.25, 0.3) is 5.91 Å². The number of hydrazone groups is 1. The van der Waals surface area contributed by atoms with Gasteiger partial charge in [0.2, 0.25) is 0 Å². The van der Waals surface area contributed by atoms with Crippen LogP contribution in [-0.4, -0.2) is 18.7 Å². The minimum Gasteiger partial charge on any atom is -0.492 e. The number of carbonyl (C=O) groups excluding carboxylic acids is 1. The second-order valence-corrected chi connectivity index (χ2v) is 9.07. The van der Waals surface area contributed by atoms with Crippen LogP contribution in [0.2, 0.25) is 10.0 Å². The third-order valence-corrected chi connectivity index (χ3v) is 5.86. The first-order valence-electron chi connectivity index (χ1n) is 9.50. The van der Waals surface area contributed by atoms with E-state index in [1.807, 2.05) is 19.1 Å². The zero-order chi connectivity index (χ0) is 23.1. The molecular formula is C23H18Br2Cl2N2O3. The van der Waals surface area contributed by atoms with Crippen LogP contribution in [0, 0.1) is 0 Å². The van der Waals surface area contributed by atoms with Crippen LogP contribution in [0.1, 0.15) is 28.4 Å². The van der Waals surface area contributed by atoms with Gasteiger partial charge in [-0.1, -0.05) is 57.3 Å². The van der Waals surface area contributed by atoms with Crippen molar-refractivity contribution >= 4 is 67.2 Å². The summed E-state index contributed by atoms with van der Waals surface area (Å²) < 4.78 is 13.1. The molecule has 9 heteroatoms. The number of nitrogens with one attached hydrogen (secondary N) is 1. The second-order valence-electron chi connectivity index (χ2n) is 6.46. The maximum atomic E-state index is 12.7. The van der Waals surface area contributed by atoms with Gasteiger partial charge in [-0.15, -0.1) is 0 Å². The third kappa shape index (κ3) is 6.48. The number of carbonyl (C=O) groups is 1. The molecule has 32 heavy (non-hydrogen) atoms. The summed E-state index contributed by atoms with van der Waals surface area (Å²) in [4.78, 5) is 12.7. The van der Waals surface area contributed by atoms with E-state index in [9.17, 15) is 4.79 Å². The Hall–Kier alpha value is -2.06. The van der Waals surface area contributed by atoms with E-state index in [1.165, 1.54) is 6.21 Å². The number of rotatable bonds is 8. The number of nitrogens with zero attached hydrogens (tertiary/aromatic N) is 1. The molecule has 0 atom stereocenters. The molecule has 0 radical (unpaired) electrons. The summed E-state index contributed by atoms with van der Waals surface area (Å²) in [5.74, 6) is 0.634. The van der Waals surface area contributed by atoms with E-state index in [0.717, 1.165) is 14.5 Å². The van der Waals surface area contributed by atoms with Crippen molar-refractivity contribution in [3.05, 3.63) is 90.3 Å². The SMILES string of the molecule is CCOc1c(Br)cc(Br)cc1/C=N/NC(=O)c1ccccc1OCc1ccc(Cl)cc1Cl. The van der Waals surface area contributed by atoms with Gasteiger partial charge >= 0.3 is 0 Å². The van der Waals surface area contributed by atoms with Crippen molar-refractivity contribution in [3.63, 3.8) is 0 Å². The van der Waals surface area contributed by atoms with Gasteiger partial charge < -0.3 is 9.47 Å². The third-order valence-electron chi connectivity index (χ3n) is 4.23. The zero-order valence-corrected chi connectivity index (χ0v) is 21.6. The predicted octanol–water partition coefficient (Wildman–Crippen LogP) is 7.26. The van der Waals surface area contributed by atoms with Gasteiger partial charge in [-0.2, -0.15) is 5.10 Å². The van der Waals surface area contributed by atoms with E-state index < -0.39 is 5.91 Å². The number of hydrogen-bond acceptors (Lipinski definition) is 4. The van der Waals surface area contributed by atoms with Gasteiger partial charge in [0, 0.05) is 25.6 Å². The Morgan fingerprint density at radius 3 is 2.62 bits per heavy atom. The molecule has 1 N–H and O–H groups in total. The molecule has 0 aliphatic rings. The Morgan fingerprint density at radius 2 is 1.88 bits per heavy atom. The molecule has 0 saturated heterocycles. The molecule has 0 saturated carbocycles. The molecule has 0 bridgehead atoms. The van der Waals surface area contributed by atoms with E-state index in [0.29, 0.717) is 39.3 Å². The van der Waals surface area contributed by atoms with E-state index in [-0.39, 0.29) is 6.61 Å². The number of benzene rings is 3. The predicted molar refractivity (Wildman–Crippen MR) is 135 cm³/mol. The summed E-state index contributed by atoms with van der Waals surface area (Å²) in [5, 5.41) is 5.13. The summed E-state index contributed by atoms with van der Waals surface area (Å²) in [6.45, 7) is 2.58. The van der Waals surface area contributed by atoms with Crippen molar-refractivity contribution in [2.45, 2.75) is 13.5 Å². The van der Waals surface area contributed by atoms with Gasteiger partial charge in [0.15, 0.2) is 0 Å². The van der Waals surface area contributed by atoms with E-state index >= 15 is 0 Å². The Labute approximate surface area is 213 Å². The van der Waals surface area contributed by atoms with Crippen LogP contribution in [0.25, 0.3) is 0 Å². The van der Waals surface area contributed by atoms with Gasteiger partial charge in [0.1, 0.15) is 18.1 Å². The average molecular weight is 601 g/mol. The fourth-order valence-corrected chi connectivity index (χ4v) is 4.60. The van der Waals surface area contributed by atoms with Crippen molar-refractivity contribution in [1.82, 2.24) is 5.43 Å². The molecule has 1 amide bonds. The summed E-state index contributed by atoms with van der Waals surface area (Å²) >= 11 is 19.1. The molecule has 0 heterocycles. The van der Waals surface area contributed by atoms with Crippen LogP contribution in [0.3, 0.4) is 0 Å². The molecule has 0 fully saturated rings. The van der Waals surface area contributed by atoms with Crippen molar-refractivity contribution in [1.29, 1.82) is 0 Å². The Kier molecular flexibility index (Phi) is 8.99. The smallest absolute Gasteiger partial charge is 0.275 e. The minimum atomic E-state index is -0.411. The number of ether oxygens (including phenoxy) is 2. The Balaban J connectivity index is 1.73. The lowest BCUT2D eigenvalue weighted by molar-refractivity contribution is 0.0950. The molecule has 3 rings (SSSR count). The number of para-hydroxylation sites is 1. The Morgan fingerprint density at radius 1 is 1.09 bits per heavy atom. The first-order valence-corrected chi connectivity index (χ1v) is 11.8. The largest absolute Gasteiger partial charge is 0.492 e.